The molecule has 1 heterocycles. The van der Waals surface area contributed by atoms with E-state index in [4.69, 9.17) is 22.1 Å². The largest absolute Gasteiger partial charge is 0.375 e. The molecule has 6 heteroatoms. The molecule has 1 aliphatic rings. The zero-order valence-corrected chi connectivity index (χ0v) is 14.0. The molecule has 0 aromatic heterocycles. The molecule has 1 unspecified atom stereocenters. The Morgan fingerprint density at radius 2 is 2.27 bits per heavy atom. The van der Waals surface area contributed by atoms with Gasteiger partial charge in [-0.1, -0.05) is 31.5 Å². The molecule has 22 heavy (non-hydrogen) atoms. The van der Waals surface area contributed by atoms with Crippen molar-refractivity contribution in [2.45, 2.75) is 32.3 Å². The normalized spacial score (nSPS) is 20.3. The Morgan fingerprint density at radius 3 is 2.91 bits per heavy atom. The van der Waals surface area contributed by atoms with Gasteiger partial charge in [0.05, 0.1) is 19.3 Å². The Morgan fingerprint density at radius 1 is 1.55 bits per heavy atom. The molecular weight excluding hydrogens is 305 g/mol. The molecule has 1 saturated heterocycles. The van der Waals surface area contributed by atoms with Crippen molar-refractivity contribution in [1.29, 1.82) is 0 Å². The lowest BCUT2D eigenvalue weighted by molar-refractivity contribution is 0.00527. The number of nitrogens with zero attached hydrogens (tertiary/aromatic N) is 2. The van der Waals surface area contributed by atoms with Gasteiger partial charge in [0.1, 0.15) is 5.82 Å². The van der Waals surface area contributed by atoms with Crippen LogP contribution in [-0.2, 0) is 10.2 Å². The first-order valence-corrected chi connectivity index (χ1v) is 7.79. The van der Waals surface area contributed by atoms with Crippen molar-refractivity contribution in [3.05, 3.63) is 34.6 Å². The molecule has 1 aromatic rings. The molecule has 1 fully saturated rings. The van der Waals surface area contributed by atoms with Crippen LogP contribution in [0.25, 0.3) is 0 Å². The van der Waals surface area contributed by atoms with Gasteiger partial charge in [-0.25, -0.2) is 4.39 Å². The Balaban J connectivity index is 2.09. The van der Waals surface area contributed by atoms with E-state index in [1.54, 1.807) is 6.07 Å². The van der Waals surface area contributed by atoms with Crippen molar-refractivity contribution in [3.63, 3.8) is 0 Å². The highest BCUT2D eigenvalue weighted by molar-refractivity contribution is 6.31. The van der Waals surface area contributed by atoms with E-state index in [2.05, 4.69) is 4.99 Å². The lowest BCUT2D eigenvalue weighted by atomic mass is 9.84. The van der Waals surface area contributed by atoms with Crippen LogP contribution in [0.1, 0.15) is 26.3 Å². The van der Waals surface area contributed by atoms with Crippen LogP contribution in [-0.4, -0.2) is 43.2 Å². The van der Waals surface area contributed by atoms with Crippen LogP contribution in [0.5, 0.6) is 0 Å². The number of guanidine groups is 1. The van der Waals surface area contributed by atoms with Crippen LogP contribution in [0.15, 0.2) is 23.2 Å². The van der Waals surface area contributed by atoms with Gasteiger partial charge >= 0.3 is 0 Å². The molecule has 0 spiro atoms. The molecule has 1 atom stereocenters. The molecule has 122 valence electrons. The minimum atomic E-state index is -0.338. The SMILES string of the molecule is CC1CN(C(N)=NCC(C)(C)c2ccc(F)cc2Cl)CCO1. The fraction of sp³-hybridized carbons (Fsp3) is 0.562. The molecule has 0 saturated carbocycles. The van der Waals surface area contributed by atoms with Crippen LogP contribution in [0.3, 0.4) is 0 Å². The van der Waals surface area contributed by atoms with E-state index in [9.17, 15) is 4.39 Å². The van der Waals surface area contributed by atoms with Crippen molar-refractivity contribution in [1.82, 2.24) is 4.90 Å². The molecule has 1 aromatic carbocycles. The smallest absolute Gasteiger partial charge is 0.191 e. The van der Waals surface area contributed by atoms with Crippen molar-refractivity contribution in [3.8, 4) is 0 Å². The zero-order valence-electron chi connectivity index (χ0n) is 13.3. The predicted molar refractivity (Wildman–Crippen MR) is 87.9 cm³/mol. The number of ether oxygens (including phenoxy) is 1. The van der Waals surface area contributed by atoms with E-state index < -0.39 is 0 Å². The van der Waals surface area contributed by atoms with Crippen LogP contribution in [0.2, 0.25) is 5.02 Å². The molecule has 0 aliphatic carbocycles. The second-order valence-corrected chi connectivity index (χ2v) is 6.72. The van der Waals surface area contributed by atoms with Crippen molar-refractivity contribution < 1.29 is 9.13 Å². The third-order valence-corrected chi connectivity index (χ3v) is 4.17. The average Bonchev–Trinajstić information content (AvgIpc) is 2.44. The summed E-state index contributed by atoms with van der Waals surface area (Å²) in [5, 5.41) is 0.416. The molecule has 0 radical (unpaired) electrons. The molecule has 0 bridgehead atoms. The predicted octanol–water partition coefficient (Wildman–Crippen LogP) is 2.79. The first kappa shape index (κ1) is 17.0. The maximum Gasteiger partial charge on any atom is 0.191 e. The number of benzene rings is 1. The van der Waals surface area contributed by atoms with E-state index in [0.717, 1.165) is 18.7 Å². The molecule has 1 aliphatic heterocycles. The van der Waals surface area contributed by atoms with E-state index in [1.807, 2.05) is 25.7 Å². The summed E-state index contributed by atoms with van der Waals surface area (Å²) in [6, 6.07) is 4.45. The van der Waals surface area contributed by atoms with E-state index >= 15 is 0 Å². The molecule has 2 rings (SSSR count). The van der Waals surface area contributed by atoms with Gasteiger partial charge in [-0.15, -0.1) is 0 Å². The van der Waals surface area contributed by atoms with E-state index in [-0.39, 0.29) is 17.3 Å². The summed E-state index contributed by atoms with van der Waals surface area (Å²) >= 11 is 6.15. The monoisotopic (exact) mass is 327 g/mol. The molecule has 0 amide bonds. The second-order valence-electron chi connectivity index (χ2n) is 6.31. The Hall–Kier alpha value is -1.33. The van der Waals surface area contributed by atoms with Crippen LogP contribution in [0.4, 0.5) is 4.39 Å². The van der Waals surface area contributed by atoms with Crippen molar-refractivity contribution in [2.75, 3.05) is 26.2 Å². The Bertz CT molecular complexity index is 562. The number of morpholine rings is 1. The van der Waals surface area contributed by atoms with Gasteiger partial charge < -0.3 is 15.4 Å². The standard InChI is InChI=1S/C16H23ClFN3O/c1-11-9-21(6-7-22-11)15(19)20-10-16(2,3)13-5-4-12(18)8-14(13)17/h4-5,8,11H,6-7,9-10H2,1-3H3,(H2,19,20). The average molecular weight is 328 g/mol. The summed E-state index contributed by atoms with van der Waals surface area (Å²) in [4.78, 5) is 6.53. The van der Waals surface area contributed by atoms with Gasteiger partial charge in [0.15, 0.2) is 5.96 Å². The van der Waals surface area contributed by atoms with Gasteiger partial charge in [-0.05, 0) is 24.6 Å². The quantitative estimate of drug-likeness (QED) is 0.686. The second kappa shape index (κ2) is 6.84. The van der Waals surface area contributed by atoms with Gasteiger partial charge in [-0.2, -0.15) is 0 Å². The number of aliphatic imine (C=N–C) groups is 1. The van der Waals surface area contributed by atoms with E-state index in [1.165, 1.54) is 12.1 Å². The Labute approximate surface area is 136 Å². The maximum absolute atomic E-state index is 13.2. The Kier molecular flexibility index (Phi) is 5.29. The van der Waals surface area contributed by atoms with Gasteiger partial charge in [-0.3, -0.25) is 4.99 Å². The number of hydrogen-bond donors (Lipinski definition) is 1. The summed E-state index contributed by atoms with van der Waals surface area (Å²) < 4.78 is 18.7. The van der Waals surface area contributed by atoms with Crippen molar-refractivity contribution in [2.24, 2.45) is 10.7 Å². The highest BCUT2D eigenvalue weighted by Gasteiger charge is 2.24. The summed E-state index contributed by atoms with van der Waals surface area (Å²) in [5.74, 6) is 0.177. The lowest BCUT2D eigenvalue weighted by Crippen LogP contribution is -2.48. The first-order chi connectivity index (χ1) is 10.3. The van der Waals surface area contributed by atoms with Gasteiger partial charge in [0.2, 0.25) is 0 Å². The highest BCUT2D eigenvalue weighted by Crippen LogP contribution is 2.30. The van der Waals surface area contributed by atoms with Crippen LogP contribution < -0.4 is 5.73 Å². The summed E-state index contributed by atoms with van der Waals surface area (Å²) in [6.45, 7) is 8.68. The zero-order chi connectivity index (χ0) is 16.3. The van der Waals surface area contributed by atoms with Gasteiger partial charge in [0, 0.05) is 23.5 Å². The third-order valence-electron chi connectivity index (χ3n) is 3.86. The summed E-state index contributed by atoms with van der Waals surface area (Å²) in [5.41, 5.74) is 6.62. The minimum absolute atomic E-state index is 0.155. The number of rotatable bonds is 3. The lowest BCUT2D eigenvalue weighted by Gasteiger charge is -2.32. The van der Waals surface area contributed by atoms with Crippen molar-refractivity contribution >= 4 is 17.6 Å². The van der Waals surface area contributed by atoms with Crippen LogP contribution >= 0.6 is 11.6 Å². The number of nitrogens with two attached hydrogens (primary N) is 1. The fourth-order valence-electron chi connectivity index (χ4n) is 2.53. The van der Waals surface area contributed by atoms with Crippen LogP contribution in [0, 0.1) is 5.82 Å². The summed E-state index contributed by atoms with van der Waals surface area (Å²) in [6.07, 6.45) is 0.155. The maximum atomic E-state index is 13.2. The van der Waals surface area contributed by atoms with Gasteiger partial charge in [0.25, 0.3) is 0 Å². The topological polar surface area (TPSA) is 50.8 Å². The fourth-order valence-corrected chi connectivity index (χ4v) is 2.95. The third kappa shape index (κ3) is 4.11. The molecular formula is C16H23ClFN3O. The summed E-state index contributed by atoms with van der Waals surface area (Å²) in [7, 11) is 0. The number of halogens is 2. The highest BCUT2D eigenvalue weighted by atomic mass is 35.5. The number of hydrogen-bond acceptors (Lipinski definition) is 2. The first-order valence-electron chi connectivity index (χ1n) is 7.41. The molecule has 4 nitrogen and oxygen atoms in total. The minimum Gasteiger partial charge on any atom is -0.375 e. The molecule has 2 N–H and O–H groups in total. The van der Waals surface area contributed by atoms with E-state index in [0.29, 0.717) is 24.1 Å².